The third-order valence-electron chi connectivity index (χ3n) is 2.14. The van der Waals surface area contributed by atoms with Crippen LogP contribution in [0, 0.1) is 6.92 Å². The molecule has 1 N–H and O–H groups in total. The van der Waals surface area contributed by atoms with Crippen LogP contribution in [-0.2, 0) is 0 Å². The molecule has 0 radical (unpaired) electrons. The van der Waals surface area contributed by atoms with Crippen molar-refractivity contribution < 1.29 is 0 Å². The molecule has 0 amide bonds. The predicted molar refractivity (Wildman–Crippen MR) is 68.5 cm³/mol. The van der Waals surface area contributed by atoms with Crippen molar-refractivity contribution in [1.82, 2.24) is 5.32 Å². The third-order valence-corrected chi connectivity index (χ3v) is 4.16. The molecule has 1 heterocycles. The number of thioether (sulfide) groups is 1. The normalized spacial score (nSPS) is 15.4. The van der Waals surface area contributed by atoms with Gasteiger partial charge < -0.3 is 5.32 Å². The Bertz CT molecular complexity index is 270. The summed E-state index contributed by atoms with van der Waals surface area (Å²) in [4.78, 5) is 2.83. The van der Waals surface area contributed by atoms with Crippen LogP contribution in [0.25, 0.3) is 0 Å². The number of hydrogen-bond donors (Lipinski definition) is 1. The van der Waals surface area contributed by atoms with Crippen molar-refractivity contribution in [3.05, 3.63) is 21.9 Å². The van der Waals surface area contributed by atoms with E-state index in [0.717, 1.165) is 0 Å². The Hall–Kier alpha value is 0.01000. The summed E-state index contributed by atoms with van der Waals surface area (Å²) in [6, 6.07) is 5.49. The van der Waals surface area contributed by atoms with E-state index in [1.807, 2.05) is 23.1 Å². The zero-order valence-electron chi connectivity index (χ0n) is 9.33. The molecule has 0 aromatic carbocycles. The van der Waals surface area contributed by atoms with Gasteiger partial charge in [0, 0.05) is 27.6 Å². The highest BCUT2D eigenvalue weighted by Gasteiger charge is 2.10. The summed E-state index contributed by atoms with van der Waals surface area (Å²) in [5.41, 5.74) is 0. The minimum Gasteiger partial charge on any atom is -0.306 e. The Labute approximate surface area is 95.3 Å². The molecule has 0 bridgehead atoms. The number of thiophene rings is 1. The highest BCUT2D eigenvalue weighted by Crippen LogP contribution is 2.22. The van der Waals surface area contributed by atoms with Crippen molar-refractivity contribution in [2.75, 3.05) is 12.0 Å². The molecule has 0 aliphatic rings. The molecule has 0 spiro atoms. The van der Waals surface area contributed by atoms with Crippen molar-refractivity contribution in [2.45, 2.75) is 32.9 Å². The highest BCUT2D eigenvalue weighted by atomic mass is 32.2. The van der Waals surface area contributed by atoms with Crippen LogP contribution in [0.4, 0.5) is 0 Å². The topological polar surface area (TPSA) is 12.0 Å². The zero-order valence-corrected chi connectivity index (χ0v) is 11.0. The largest absolute Gasteiger partial charge is 0.306 e. The molecule has 2 unspecified atom stereocenters. The van der Waals surface area contributed by atoms with Crippen LogP contribution >= 0.6 is 23.1 Å². The van der Waals surface area contributed by atoms with Gasteiger partial charge in [-0.25, -0.2) is 0 Å². The van der Waals surface area contributed by atoms with Gasteiger partial charge in [0.25, 0.3) is 0 Å². The van der Waals surface area contributed by atoms with Crippen LogP contribution in [0.5, 0.6) is 0 Å². The lowest BCUT2D eigenvalue weighted by Crippen LogP contribution is -2.30. The minimum atomic E-state index is 0.482. The zero-order chi connectivity index (χ0) is 10.6. The summed E-state index contributed by atoms with van der Waals surface area (Å²) < 4.78 is 0. The molecule has 0 fully saturated rings. The second-order valence-corrected chi connectivity index (χ2v) is 5.92. The number of aryl methyl sites for hydroxylation is 1. The fourth-order valence-corrected chi connectivity index (χ4v) is 2.98. The van der Waals surface area contributed by atoms with Crippen LogP contribution in [0.15, 0.2) is 12.1 Å². The van der Waals surface area contributed by atoms with Gasteiger partial charge in [-0.05, 0) is 39.2 Å². The van der Waals surface area contributed by atoms with Crippen LogP contribution < -0.4 is 5.32 Å². The van der Waals surface area contributed by atoms with Crippen LogP contribution in [0.3, 0.4) is 0 Å². The smallest absolute Gasteiger partial charge is 0.0388 e. The van der Waals surface area contributed by atoms with Gasteiger partial charge in [-0.15, -0.1) is 11.3 Å². The van der Waals surface area contributed by atoms with Crippen molar-refractivity contribution in [1.29, 1.82) is 0 Å². The molecule has 0 saturated carbocycles. The Morgan fingerprint density at radius 2 is 2.14 bits per heavy atom. The monoisotopic (exact) mass is 229 g/mol. The maximum Gasteiger partial charge on any atom is 0.0388 e. The SMILES string of the molecule is CSCC(C)NC(C)c1ccc(C)s1. The lowest BCUT2D eigenvalue weighted by molar-refractivity contribution is 0.517. The Kier molecular flexibility index (Phi) is 4.99. The maximum atomic E-state index is 3.60. The van der Waals surface area contributed by atoms with Gasteiger partial charge >= 0.3 is 0 Å². The van der Waals surface area contributed by atoms with Gasteiger partial charge in [0.15, 0.2) is 0 Å². The fourth-order valence-electron chi connectivity index (χ4n) is 1.49. The van der Waals surface area contributed by atoms with E-state index in [-0.39, 0.29) is 0 Å². The fraction of sp³-hybridized carbons (Fsp3) is 0.636. The van der Waals surface area contributed by atoms with Crippen molar-refractivity contribution >= 4 is 23.1 Å². The molecule has 1 aromatic rings. The molecule has 2 atom stereocenters. The first-order chi connectivity index (χ1) is 6.63. The first kappa shape index (κ1) is 12.1. The molecule has 0 aliphatic carbocycles. The lowest BCUT2D eigenvalue weighted by atomic mass is 10.2. The minimum absolute atomic E-state index is 0.482. The quantitative estimate of drug-likeness (QED) is 0.830. The van der Waals surface area contributed by atoms with Gasteiger partial charge in [0.1, 0.15) is 0 Å². The summed E-state index contributed by atoms with van der Waals surface area (Å²) in [5.74, 6) is 1.18. The van der Waals surface area contributed by atoms with E-state index in [0.29, 0.717) is 12.1 Å². The standard InChI is InChI=1S/C11H19NS2/c1-8(7-13-4)12-10(3)11-6-5-9(2)14-11/h5-6,8,10,12H,7H2,1-4H3. The van der Waals surface area contributed by atoms with Crippen LogP contribution in [-0.4, -0.2) is 18.1 Å². The van der Waals surface area contributed by atoms with Gasteiger partial charge in [-0.2, -0.15) is 11.8 Å². The Morgan fingerprint density at radius 3 is 2.64 bits per heavy atom. The molecular formula is C11H19NS2. The van der Waals surface area contributed by atoms with E-state index in [1.165, 1.54) is 15.5 Å². The molecule has 14 heavy (non-hydrogen) atoms. The van der Waals surface area contributed by atoms with Gasteiger partial charge in [0.05, 0.1) is 0 Å². The number of nitrogens with one attached hydrogen (secondary N) is 1. The van der Waals surface area contributed by atoms with E-state index < -0.39 is 0 Å². The van der Waals surface area contributed by atoms with Crippen molar-refractivity contribution in [2.24, 2.45) is 0 Å². The maximum absolute atomic E-state index is 3.60. The van der Waals surface area contributed by atoms with E-state index in [2.05, 4.69) is 44.5 Å². The van der Waals surface area contributed by atoms with E-state index >= 15 is 0 Å². The Morgan fingerprint density at radius 1 is 1.43 bits per heavy atom. The van der Waals surface area contributed by atoms with Gasteiger partial charge in [0.2, 0.25) is 0 Å². The predicted octanol–water partition coefficient (Wildman–Crippen LogP) is 3.46. The van der Waals surface area contributed by atoms with Crippen LogP contribution in [0.2, 0.25) is 0 Å². The summed E-state index contributed by atoms with van der Waals surface area (Å²) >= 11 is 3.78. The average Bonchev–Trinajstić information content (AvgIpc) is 2.52. The average molecular weight is 229 g/mol. The molecule has 0 saturated heterocycles. The first-order valence-corrected chi connectivity index (χ1v) is 7.16. The second-order valence-electron chi connectivity index (χ2n) is 3.69. The van der Waals surface area contributed by atoms with Crippen LogP contribution in [0.1, 0.15) is 29.6 Å². The second kappa shape index (κ2) is 5.79. The summed E-state index contributed by atoms with van der Waals surface area (Å²) in [6.07, 6.45) is 2.15. The van der Waals surface area contributed by atoms with Gasteiger partial charge in [-0.1, -0.05) is 0 Å². The number of hydrogen-bond acceptors (Lipinski definition) is 3. The van der Waals surface area contributed by atoms with E-state index in [4.69, 9.17) is 0 Å². The Balaban J connectivity index is 2.45. The molecule has 1 aromatic heterocycles. The lowest BCUT2D eigenvalue weighted by Gasteiger charge is -2.18. The molecular weight excluding hydrogens is 210 g/mol. The van der Waals surface area contributed by atoms with Crippen molar-refractivity contribution in [3.8, 4) is 0 Å². The van der Waals surface area contributed by atoms with E-state index in [1.54, 1.807) is 0 Å². The molecule has 3 heteroatoms. The summed E-state index contributed by atoms with van der Waals surface area (Å²) in [5, 5.41) is 3.60. The summed E-state index contributed by atoms with van der Waals surface area (Å²) in [7, 11) is 0. The first-order valence-electron chi connectivity index (χ1n) is 4.94. The van der Waals surface area contributed by atoms with E-state index in [9.17, 15) is 0 Å². The third kappa shape index (κ3) is 3.64. The molecule has 0 aliphatic heterocycles. The molecule has 1 nitrogen and oxygen atoms in total. The number of rotatable bonds is 5. The van der Waals surface area contributed by atoms with Gasteiger partial charge in [-0.3, -0.25) is 0 Å². The molecule has 1 rings (SSSR count). The summed E-state index contributed by atoms with van der Waals surface area (Å²) in [6.45, 7) is 6.64. The highest BCUT2D eigenvalue weighted by molar-refractivity contribution is 7.98. The van der Waals surface area contributed by atoms with Crippen molar-refractivity contribution in [3.63, 3.8) is 0 Å². The molecule has 80 valence electrons.